The van der Waals surface area contributed by atoms with Gasteiger partial charge in [0.2, 0.25) is 0 Å². The van der Waals surface area contributed by atoms with Crippen molar-refractivity contribution in [1.29, 1.82) is 0 Å². The van der Waals surface area contributed by atoms with Crippen LogP contribution in [-0.4, -0.2) is 62.2 Å². The Morgan fingerprint density at radius 2 is 2.00 bits per heavy atom. The highest BCUT2D eigenvalue weighted by Crippen LogP contribution is 2.19. The van der Waals surface area contributed by atoms with E-state index in [1.165, 1.54) is 6.20 Å². The molecule has 1 aromatic heterocycles. The van der Waals surface area contributed by atoms with Gasteiger partial charge < -0.3 is 20.3 Å². The molecule has 5 nitrogen and oxygen atoms in total. The standard InChI is InChI=1S/C13H20F2N4O/c1-18-4-6-19(7-5-18)12-3-2-11(8-17-12)20-10-13(14,15)9-16/h2-3,8H,4-7,9-10,16H2,1H3. The number of piperazine rings is 1. The molecule has 1 aromatic rings. The Labute approximate surface area is 117 Å². The second-order valence-electron chi connectivity index (χ2n) is 4.99. The predicted octanol–water partition coefficient (Wildman–Crippen LogP) is 0.806. The Morgan fingerprint density at radius 1 is 1.30 bits per heavy atom. The number of anilines is 1. The van der Waals surface area contributed by atoms with E-state index in [-0.39, 0.29) is 0 Å². The van der Waals surface area contributed by atoms with Crippen LogP contribution in [0.2, 0.25) is 0 Å². The predicted molar refractivity (Wildman–Crippen MR) is 73.4 cm³/mol. The van der Waals surface area contributed by atoms with Crippen LogP contribution in [0.5, 0.6) is 5.75 Å². The molecule has 0 bridgehead atoms. The fourth-order valence-electron chi connectivity index (χ4n) is 1.93. The van der Waals surface area contributed by atoms with Gasteiger partial charge >= 0.3 is 0 Å². The highest BCUT2D eigenvalue weighted by Gasteiger charge is 2.27. The van der Waals surface area contributed by atoms with Crippen LogP contribution in [0.4, 0.5) is 14.6 Å². The van der Waals surface area contributed by atoms with E-state index in [1.807, 2.05) is 0 Å². The minimum Gasteiger partial charge on any atom is -0.486 e. The summed E-state index contributed by atoms with van der Waals surface area (Å²) in [7, 11) is 2.08. The summed E-state index contributed by atoms with van der Waals surface area (Å²) in [6.07, 6.45) is 1.47. The molecule has 0 unspecified atom stereocenters. The normalized spacial score (nSPS) is 17.3. The van der Waals surface area contributed by atoms with Gasteiger partial charge in [0, 0.05) is 26.2 Å². The Morgan fingerprint density at radius 3 is 2.55 bits per heavy atom. The highest BCUT2D eigenvalue weighted by molar-refractivity contribution is 5.41. The number of halogens is 2. The van der Waals surface area contributed by atoms with E-state index >= 15 is 0 Å². The number of rotatable bonds is 5. The fourth-order valence-corrected chi connectivity index (χ4v) is 1.93. The molecular formula is C13H20F2N4O. The smallest absolute Gasteiger partial charge is 0.293 e. The molecule has 0 aromatic carbocycles. The van der Waals surface area contributed by atoms with E-state index in [1.54, 1.807) is 12.1 Å². The van der Waals surface area contributed by atoms with Gasteiger partial charge in [0.1, 0.15) is 11.6 Å². The summed E-state index contributed by atoms with van der Waals surface area (Å²) in [5.41, 5.74) is 4.95. The van der Waals surface area contributed by atoms with Crippen molar-refractivity contribution in [3.63, 3.8) is 0 Å². The van der Waals surface area contributed by atoms with Crippen LogP contribution in [0.1, 0.15) is 0 Å². The molecule has 1 fully saturated rings. The lowest BCUT2D eigenvalue weighted by Gasteiger charge is -2.33. The molecule has 0 aliphatic carbocycles. The first-order valence-corrected chi connectivity index (χ1v) is 6.60. The minimum absolute atomic E-state index is 0.330. The number of aromatic nitrogens is 1. The Kier molecular flexibility index (Phi) is 4.72. The van der Waals surface area contributed by atoms with Crippen LogP contribution >= 0.6 is 0 Å². The van der Waals surface area contributed by atoms with E-state index in [0.717, 1.165) is 32.0 Å². The number of nitrogens with zero attached hydrogens (tertiary/aromatic N) is 3. The monoisotopic (exact) mass is 286 g/mol. The number of hydrogen-bond acceptors (Lipinski definition) is 5. The summed E-state index contributed by atoms with van der Waals surface area (Å²) in [6.45, 7) is 2.36. The van der Waals surface area contributed by atoms with Crippen LogP contribution in [0.25, 0.3) is 0 Å². The van der Waals surface area contributed by atoms with Crippen molar-refractivity contribution in [1.82, 2.24) is 9.88 Å². The molecule has 1 aliphatic heterocycles. The Hall–Kier alpha value is -1.47. The van der Waals surface area contributed by atoms with Gasteiger partial charge in [-0.05, 0) is 19.2 Å². The lowest BCUT2D eigenvalue weighted by atomic mass is 10.3. The fraction of sp³-hybridized carbons (Fsp3) is 0.615. The third-order valence-electron chi connectivity index (χ3n) is 3.30. The van der Waals surface area contributed by atoms with Crippen LogP contribution < -0.4 is 15.4 Å². The number of alkyl halides is 2. The molecule has 2 N–H and O–H groups in total. The van der Waals surface area contributed by atoms with Gasteiger partial charge in [0.05, 0.1) is 12.7 Å². The second kappa shape index (κ2) is 6.32. The molecular weight excluding hydrogens is 266 g/mol. The first-order chi connectivity index (χ1) is 9.50. The summed E-state index contributed by atoms with van der Waals surface area (Å²) in [4.78, 5) is 8.68. The van der Waals surface area contributed by atoms with Crippen molar-refractivity contribution in [3.05, 3.63) is 18.3 Å². The van der Waals surface area contributed by atoms with E-state index < -0.39 is 19.1 Å². The van der Waals surface area contributed by atoms with Gasteiger partial charge in [-0.1, -0.05) is 0 Å². The van der Waals surface area contributed by atoms with Gasteiger partial charge in [-0.2, -0.15) is 0 Å². The van der Waals surface area contributed by atoms with Crippen molar-refractivity contribution in [2.45, 2.75) is 5.92 Å². The highest BCUT2D eigenvalue weighted by atomic mass is 19.3. The quantitative estimate of drug-likeness (QED) is 0.868. The summed E-state index contributed by atoms with van der Waals surface area (Å²) in [5, 5.41) is 0. The number of likely N-dealkylation sites (N-methyl/N-ethyl adjacent to an activating group) is 1. The van der Waals surface area contributed by atoms with Crippen LogP contribution in [0, 0.1) is 0 Å². The molecule has 1 saturated heterocycles. The maximum absolute atomic E-state index is 13.0. The van der Waals surface area contributed by atoms with Crippen LogP contribution in [0.3, 0.4) is 0 Å². The van der Waals surface area contributed by atoms with E-state index in [4.69, 9.17) is 10.5 Å². The third kappa shape index (κ3) is 4.01. The maximum Gasteiger partial charge on any atom is 0.293 e. The topological polar surface area (TPSA) is 54.6 Å². The summed E-state index contributed by atoms with van der Waals surface area (Å²) in [5.74, 6) is -1.83. The van der Waals surface area contributed by atoms with Gasteiger partial charge in [0.15, 0.2) is 6.61 Å². The zero-order valence-electron chi connectivity index (χ0n) is 11.6. The Balaban J connectivity index is 1.90. The van der Waals surface area contributed by atoms with Gasteiger partial charge in [0.25, 0.3) is 5.92 Å². The molecule has 2 rings (SSSR count). The van der Waals surface area contributed by atoms with Gasteiger partial charge in [-0.15, -0.1) is 0 Å². The van der Waals surface area contributed by atoms with Crippen LogP contribution in [-0.2, 0) is 0 Å². The van der Waals surface area contributed by atoms with Crippen molar-refractivity contribution in [2.24, 2.45) is 5.73 Å². The maximum atomic E-state index is 13.0. The SMILES string of the molecule is CN1CCN(c2ccc(OCC(F)(F)CN)cn2)CC1. The van der Waals surface area contributed by atoms with Crippen molar-refractivity contribution in [3.8, 4) is 5.75 Å². The van der Waals surface area contributed by atoms with Crippen molar-refractivity contribution in [2.75, 3.05) is 51.3 Å². The summed E-state index contributed by atoms with van der Waals surface area (Å²) in [6, 6.07) is 3.45. The Bertz CT molecular complexity index is 419. The van der Waals surface area contributed by atoms with E-state index in [2.05, 4.69) is 21.8 Å². The average molecular weight is 286 g/mol. The summed E-state index contributed by atoms with van der Waals surface area (Å²) >= 11 is 0. The summed E-state index contributed by atoms with van der Waals surface area (Å²) < 4.78 is 30.9. The zero-order valence-corrected chi connectivity index (χ0v) is 11.6. The lowest BCUT2D eigenvalue weighted by Crippen LogP contribution is -2.44. The number of pyridine rings is 1. The van der Waals surface area contributed by atoms with Crippen LogP contribution in [0.15, 0.2) is 18.3 Å². The molecule has 0 spiro atoms. The second-order valence-corrected chi connectivity index (χ2v) is 4.99. The lowest BCUT2D eigenvalue weighted by molar-refractivity contribution is -0.0320. The minimum atomic E-state index is -3.00. The van der Waals surface area contributed by atoms with Crippen molar-refractivity contribution < 1.29 is 13.5 Å². The number of nitrogens with two attached hydrogens (primary N) is 1. The van der Waals surface area contributed by atoms with E-state index in [9.17, 15) is 8.78 Å². The number of hydrogen-bond donors (Lipinski definition) is 1. The molecule has 0 amide bonds. The molecule has 0 atom stereocenters. The van der Waals surface area contributed by atoms with Crippen molar-refractivity contribution >= 4 is 5.82 Å². The van der Waals surface area contributed by atoms with E-state index in [0.29, 0.717) is 5.75 Å². The molecule has 112 valence electrons. The largest absolute Gasteiger partial charge is 0.486 e. The number of ether oxygens (including phenoxy) is 1. The first-order valence-electron chi connectivity index (χ1n) is 6.60. The molecule has 20 heavy (non-hydrogen) atoms. The first kappa shape index (κ1) is 14.9. The molecule has 0 saturated carbocycles. The van der Waals surface area contributed by atoms with Gasteiger partial charge in [-0.3, -0.25) is 0 Å². The molecule has 0 radical (unpaired) electrons. The molecule has 2 heterocycles. The zero-order chi connectivity index (χ0) is 14.6. The average Bonchev–Trinajstić information content (AvgIpc) is 2.47. The molecule has 7 heteroatoms. The third-order valence-corrected chi connectivity index (χ3v) is 3.30. The van der Waals surface area contributed by atoms with Gasteiger partial charge in [-0.25, -0.2) is 13.8 Å². The molecule has 1 aliphatic rings.